The summed E-state index contributed by atoms with van der Waals surface area (Å²) in [6.45, 7) is 3.14. The van der Waals surface area contributed by atoms with Crippen LogP contribution in [0.1, 0.15) is 18.4 Å². The van der Waals surface area contributed by atoms with Crippen molar-refractivity contribution in [1.82, 2.24) is 9.62 Å². The van der Waals surface area contributed by atoms with E-state index in [1.54, 1.807) is 16.4 Å². The monoisotopic (exact) mass is 311 g/mol. The number of benzene rings is 1. The maximum Gasteiger partial charge on any atom is 0.243 e. The number of hydrogen-bond donors (Lipinski definition) is 1. The average molecular weight is 311 g/mol. The van der Waals surface area contributed by atoms with Gasteiger partial charge in [0.15, 0.2) is 0 Å². The number of nitrogens with zero attached hydrogens (tertiary/aromatic N) is 2. The van der Waals surface area contributed by atoms with E-state index in [-0.39, 0.29) is 6.04 Å². The van der Waals surface area contributed by atoms with Crippen LogP contribution in [0.15, 0.2) is 23.1 Å². The second-order valence-electron chi connectivity index (χ2n) is 5.83. The second-order valence-corrected chi connectivity index (χ2v) is 7.77. The first-order valence-corrected chi connectivity index (χ1v) is 8.75. The summed E-state index contributed by atoms with van der Waals surface area (Å²) < 4.78 is 27.2. The van der Waals surface area contributed by atoms with Crippen molar-refractivity contribution >= 4 is 15.7 Å². The highest BCUT2D eigenvalue weighted by atomic mass is 32.2. The molecular weight excluding hydrogens is 286 g/mol. The molecule has 1 unspecified atom stereocenters. The van der Waals surface area contributed by atoms with Crippen LogP contribution in [0.4, 0.5) is 5.69 Å². The van der Waals surface area contributed by atoms with Crippen LogP contribution in [0.2, 0.25) is 0 Å². The van der Waals surface area contributed by atoms with Gasteiger partial charge in [0.25, 0.3) is 0 Å². The molecule has 6 heteroatoms. The van der Waals surface area contributed by atoms with Gasteiger partial charge in [0.05, 0.1) is 4.90 Å². The third-order valence-electron chi connectivity index (χ3n) is 4.09. The number of sulfonamides is 1. The molecule has 0 amide bonds. The second kappa shape index (κ2) is 6.34. The van der Waals surface area contributed by atoms with Crippen molar-refractivity contribution in [3.63, 3.8) is 0 Å². The summed E-state index contributed by atoms with van der Waals surface area (Å²) >= 11 is 0. The zero-order valence-electron chi connectivity index (χ0n) is 13.3. The Bertz CT molecular complexity index is 599. The van der Waals surface area contributed by atoms with Crippen LogP contribution in [-0.2, 0) is 10.0 Å². The number of aryl methyl sites for hydroxylation is 1. The molecule has 0 saturated carbocycles. The van der Waals surface area contributed by atoms with E-state index in [0.717, 1.165) is 24.1 Å². The van der Waals surface area contributed by atoms with E-state index in [1.807, 2.05) is 39.0 Å². The van der Waals surface area contributed by atoms with E-state index in [1.165, 1.54) is 0 Å². The van der Waals surface area contributed by atoms with E-state index >= 15 is 0 Å². The molecule has 1 heterocycles. The van der Waals surface area contributed by atoms with E-state index < -0.39 is 10.0 Å². The molecule has 1 aliphatic rings. The summed E-state index contributed by atoms with van der Waals surface area (Å²) in [6, 6.07) is 5.60. The largest absolute Gasteiger partial charge is 0.377 e. The van der Waals surface area contributed by atoms with E-state index in [9.17, 15) is 8.42 Å². The van der Waals surface area contributed by atoms with Gasteiger partial charge in [0.2, 0.25) is 10.0 Å². The molecule has 118 valence electrons. The number of anilines is 1. The normalized spacial score (nSPS) is 20.5. The van der Waals surface area contributed by atoms with Gasteiger partial charge in [-0.2, -0.15) is 4.31 Å². The Kier molecular flexibility index (Phi) is 4.91. The fourth-order valence-corrected chi connectivity index (χ4v) is 4.32. The lowest BCUT2D eigenvalue weighted by atomic mass is 10.1. The molecule has 1 aromatic rings. The zero-order valence-corrected chi connectivity index (χ0v) is 14.1. The van der Waals surface area contributed by atoms with E-state index in [2.05, 4.69) is 5.32 Å². The van der Waals surface area contributed by atoms with Crippen LogP contribution in [0.5, 0.6) is 0 Å². The predicted molar refractivity (Wildman–Crippen MR) is 86.3 cm³/mol. The van der Waals surface area contributed by atoms with Crippen molar-refractivity contribution in [2.24, 2.45) is 0 Å². The molecule has 2 rings (SSSR count). The molecule has 0 aliphatic carbocycles. The summed E-state index contributed by atoms with van der Waals surface area (Å²) in [4.78, 5) is 2.33. The molecule has 1 fully saturated rings. The summed E-state index contributed by atoms with van der Waals surface area (Å²) in [5.41, 5.74) is 2.02. The number of nitrogens with one attached hydrogen (secondary N) is 1. The summed E-state index contributed by atoms with van der Waals surface area (Å²) in [7, 11) is 2.33. The van der Waals surface area contributed by atoms with Gasteiger partial charge in [-0.1, -0.05) is 6.07 Å². The number of likely N-dealkylation sites (N-methyl/N-ethyl adjacent to an activating group) is 1. The van der Waals surface area contributed by atoms with Crippen molar-refractivity contribution in [2.75, 3.05) is 39.1 Å². The molecule has 0 radical (unpaired) electrons. The lowest BCUT2D eigenvalue weighted by Crippen LogP contribution is -2.46. The minimum absolute atomic E-state index is 0.243. The van der Waals surface area contributed by atoms with Crippen LogP contribution in [0, 0.1) is 6.92 Å². The molecule has 21 heavy (non-hydrogen) atoms. The van der Waals surface area contributed by atoms with Crippen LogP contribution in [0.25, 0.3) is 0 Å². The van der Waals surface area contributed by atoms with Gasteiger partial charge in [-0.15, -0.1) is 0 Å². The minimum Gasteiger partial charge on any atom is -0.377 e. The molecular formula is C15H25N3O2S. The Hall–Kier alpha value is -1.11. The molecule has 1 atom stereocenters. The van der Waals surface area contributed by atoms with E-state index in [4.69, 9.17) is 0 Å². The Morgan fingerprint density at radius 1 is 1.33 bits per heavy atom. The quantitative estimate of drug-likeness (QED) is 0.914. The van der Waals surface area contributed by atoms with Crippen molar-refractivity contribution in [2.45, 2.75) is 30.7 Å². The highest BCUT2D eigenvalue weighted by molar-refractivity contribution is 7.89. The number of hydrogen-bond acceptors (Lipinski definition) is 4. The Balaban J connectivity index is 2.33. The summed E-state index contributed by atoms with van der Waals surface area (Å²) in [5, 5.41) is 3.18. The van der Waals surface area contributed by atoms with Gasteiger partial charge in [0.1, 0.15) is 0 Å². The fraction of sp³-hybridized carbons (Fsp3) is 0.600. The SMILES string of the molecule is CNC1CCCN(S(=O)(=O)c2ccc(C)c(N(C)C)c2)C1. The van der Waals surface area contributed by atoms with Gasteiger partial charge in [-0.25, -0.2) is 8.42 Å². The van der Waals surface area contributed by atoms with Crippen LogP contribution >= 0.6 is 0 Å². The van der Waals surface area contributed by atoms with Gasteiger partial charge in [-0.05, 0) is 44.5 Å². The highest BCUT2D eigenvalue weighted by Gasteiger charge is 2.30. The molecule has 1 saturated heterocycles. The first-order valence-electron chi connectivity index (χ1n) is 7.31. The molecule has 1 N–H and O–H groups in total. The first kappa shape index (κ1) is 16.3. The first-order chi connectivity index (χ1) is 9.86. The predicted octanol–water partition coefficient (Wildman–Crippen LogP) is 1.43. The van der Waals surface area contributed by atoms with Crippen LogP contribution < -0.4 is 10.2 Å². The van der Waals surface area contributed by atoms with Crippen molar-refractivity contribution < 1.29 is 8.42 Å². The summed E-state index contributed by atoms with van der Waals surface area (Å²) in [6.07, 6.45) is 1.93. The van der Waals surface area contributed by atoms with Gasteiger partial charge >= 0.3 is 0 Å². The maximum absolute atomic E-state index is 12.8. The average Bonchev–Trinajstić information content (AvgIpc) is 2.47. The molecule has 0 spiro atoms. The Morgan fingerprint density at radius 2 is 2.05 bits per heavy atom. The van der Waals surface area contributed by atoms with Crippen LogP contribution in [0.3, 0.4) is 0 Å². The van der Waals surface area contributed by atoms with Crippen LogP contribution in [-0.4, -0.2) is 53.0 Å². The smallest absolute Gasteiger partial charge is 0.243 e. The lowest BCUT2D eigenvalue weighted by Gasteiger charge is -2.32. The molecule has 0 aromatic heterocycles. The maximum atomic E-state index is 12.8. The van der Waals surface area contributed by atoms with E-state index in [0.29, 0.717) is 18.0 Å². The lowest BCUT2D eigenvalue weighted by molar-refractivity contribution is 0.293. The summed E-state index contributed by atoms with van der Waals surface area (Å²) in [5.74, 6) is 0. The third-order valence-corrected chi connectivity index (χ3v) is 5.95. The van der Waals surface area contributed by atoms with Gasteiger partial charge in [0, 0.05) is 38.9 Å². The van der Waals surface area contributed by atoms with Crippen molar-refractivity contribution in [1.29, 1.82) is 0 Å². The van der Waals surface area contributed by atoms with Gasteiger partial charge in [-0.3, -0.25) is 0 Å². The number of rotatable bonds is 4. The minimum atomic E-state index is -3.41. The van der Waals surface area contributed by atoms with Crippen molar-refractivity contribution in [3.05, 3.63) is 23.8 Å². The Labute approximate surface area is 128 Å². The topological polar surface area (TPSA) is 52.7 Å². The molecule has 1 aliphatic heterocycles. The molecule has 5 nitrogen and oxygen atoms in total. The number of piperidine rings is 1. The highest BCUT2D eigenvalue weighted by Crippen LogP contribution is 2.26. The zero-order chi connectivity index (χ0) is 15.6. The molecule has 1 aromatic carbocycles. The van der Waals surface area contributed by atoms with Gasteiger partial charge < -0.3 is 10.2 Å². The third kappa shape index (κ3) is 3.39. The molecule has 0 bridgehead atoms. The fourth-order valence-electron chi connectivity index (χ4n) is 2.78. The van der Waals surface area contributed by atoms with Crippen molar-refractivity contribution in [3.8, 4) is 0 Å². The Morgan fingerprint density at radius 3 is 2.67 bits per heavy atom. The standard InChI is InChI=1S/C15H25N3O2S/c1-12-7-8-14(10-15(12)17(3)4)21(19,20)18-9-5-6-13(11-18)16-2/h7-8,10,13,16H,5-6,9,11H2,1-4H3.